The van der Waals surface area contributed by atoms with Crippen molar-refractivity contribution in [3.63, 3.8) is 0 Å². The topological polar surface area (TPSA) is 33.4 Å². The molecule has 4 heteroatoms. The Morgan fingerprint density at radius 3 is 2.59 bits per heavy atom. The number of aliphatic hydroxyl groups excluding tert-OH is 1. The standard InChI is InChI=1S/C12H10F2O.CH4O/c1-7-5-9-8(10-6-12(10,13)14)3-2-4-11(9)15-7;1-2/h2-5,10H,6H2,1H3;2H,1H3. The zero-order chi connectivity index (χ0) is 12.6. The lowest BCUT2D eigenvalue weighted by molar-refractivity contribution is 0.112. The Balaban J connectivity index is 0.000000514. The third-order valence-corrected chi connectivity index (χ3v) is 2.92. The molecule has 2 nitrogen and oxygen atoms in total. The summed E-state index contributed by atoms with van der Waals surface area (Å²) in [6, 6.07) is 7.18. The molecule has 1 atom stereocenters. The van der Waals surface area contributed by atoms with Gasteiger partial charge < -0.3 is 9.52 Å². The van der Waals surface area contributed by atoms with Gasteiger partial charge in [0.1, 0.15) is 11.3 Å². The third kappa shape index (κ3) is 2.05. The van der Waals surface area contributed by atoms with Gasteiger partial charge in [0, 0.05) is 18.9 Å². The number of alkyl halides is 2. The molecule has 3 rings (SSSR count). The minimum atomic E-state index is -2.51. The van der Waals surface area contributed by atoms with Crippen LogP contribution in [0.2, 0.25) is 0 Å². The minimum Gasteiger partial charge on any atom is -0.461 e. The number of hydrogen-bond donors (Lipinski definition) is 1. The molecule has 0 saturated heterocycles. The number of benzene rings is 1. The van der Waals surface area contributed by atoms with Crippen LogP contribution in [0.1, 0.15) is 23.7 Å². The fourth-order valence-electron chi connectivity index (χ4n) is 2.07. The van der Waals surface area contributed by atoms with Gasteiger partial charge in [0.2, 0.25) is 0 Å². The van der Waals surface area contributed by atoms with Gasteiger partial charge in [-0.3, -0.25) is 0 Å². The van der Waals surface area contributed by atoms with Crippen molar-refractivity contribution < 1.29 is 18.3 Å². The lowest BCUT2D eigenvalue weighted by atomic mass is 10.1. The molecular formula is C13H14F2O2. The highest BCUT2D eigenvalue weighted by Gasteiger charge is 2.58. The van der Waals surface area contributed by atoms with Crippen LogP contribution in [0.5, 0.6) is 0 Å². The summed E-state index contributed by atoms with van der Waals surface area (Å²) in [4.78, 5) is 0. The van der Waals surface area contributed by atoms with E-state index in [1.807, 2.05) is 19.1 Å². The fourth-order valence-corrected chi connectivity index (χ4v) is 2.07. The Labute approximate surface area is 97.9 Å². The van der Waals surface area contributed by atoms with Crippen molar-refractivity contribution in [2.75, 3.05) is 7.11 Å². The Kier molecular flexibility index (Phi) is 2.91. The molecular weight excluding hydrogens is 226 g/mol. The van der Waals surface area contributed by atoms with Gasteiger partial charge in [-0.05, 0) is 24.6 Å². The van der Waals surface area contributed by atoms with Crippen LogP contribution >= 0.6 is 0 Å². The Bertz CT molecular complexity index is 531. The molecule has 0 amide bonds. The molecule has 0 bridgehead atoms. The Morgan fingerprint density at radius 2 is 2.00 bits per heavy atom. The maximum absolute atomic E-state index is 13.0. The van der Waals surface area contributed by atoms with E-state index in [-0.39, 0.29) is 6.42 Å². The van der Waals surface area contributed by atoms with Crippen molar-refractivity contribution in [1.82, 2.24) is 0 Å². The van der Waals surface area contributed by atoms with Crippen LogP contribution in [0.15, 0.2) is 28.7 Å². The van der Waals surface area contributed by atoms with Gasteiger partial charge in [0.05, 0.1) is 5.92 Å². The first kappa shape index (κ1) is 12.0. The molecule has 1 aliphatic carbocycles. The molecule has 92 valence electrons. The first-order valence-corrected chi connectivity index (χ1v) is 5.39. The van der Waals surface area contributed by atoms with Gasteiger partial charge in [0.25, 0.3) is 5.92 Å². The summed E-state index contributed by atoms with van der Waals surface area (Å²) < 4.78 is 31.4. The van der Waals surface area contributed by atoms with Crippen molar-refractivity contribution >= 4 is 11.0 Å². The van der Waals surface area contributed by atoms with E-state index in [2.05, 4.69) is 0 Å². The van der Waals surface area contributed by atoms with E-state index in [0.717, 1.165) is 18.3 Å². The van der Waals surface area contributed by atoms with Gasteiger partial charge >= 0.3 is 0 Å². The number of aliphatic hydroxyl groups is 1. The lowest BCUT2D eigenvalue weighted by Crippen LogP contribution is -1.92. The van der Waals surface area contributed by atoms with Crippen molar-refractivity contribution in [2.45, 2.75) is 25.2 Å². The SMILES string of the molecule is CO.Cc1cc2c(C3CC3(F)F)cccc2o1. The quantitative estimate of drug-likeness (QED) is 0.828. The van der Waals surface area contributed by atoms with Crippen LogP contribution in [0.4, 0.5) is 8.78 Å². The van der Waals surface area contributed by atoms with Gasteiger partial charge in [-0.15, -0.1) is 0 Å². The zero-order valence-corrected chi connectivity index (χ0v) is 9.71. The molecule has 0 spiro atoms. The van der Waals surface area contributed by atoms with Crippen LogP contribution < -0.4 is 0 Å². The summed E-state index contributed by atoms with van der Waals surface area (Å²) in [7, 11) is 1.00. The van der Waals surface area contributed by atoms with Crippen LogP contribution in [0.3, 0.4) is 0 Å². The second kappa shape index (κ2) is 4.11. The van der Waals surface area contributed by atoms with Gasteiger partial charge in [-0.2, -0.15) is 0 Å². The summed E-state index contributed by atoms with van der Waals surface area (Å²) in [5.41, 5.74) is 1.42. The average Bonchev–Trinajstić information content (AvgIpc) is 2.76. The summed E-state index contributed by atoms with van der Waals surface area (Å²) in [6.07, 6.45) is -0.0314. The predicted molar refractivity (Wildman–Crippen MR) is 61.4 cm³/mol. The molecule has 0 aliphatic heterocycles. The summed E-state index contributed by atoms with van der Waals surface area (Å²) in [6.45, 7) is 1.83. The van der Waals surface area contributed by atoms with Crippen molar-refractivity contribution in [3.05, 3.63) is 35.6 Å². The van der Waals surface area contributed by atoms with Crippen molar-refractivity contribution in [2.24, 2.45) is 0 Å². The molecule has 1 aromatic carbocycles. The van der Waals surface area contributed by atoms with E-state index in [0.29, 0.717) is 11.1 Å². The van der Waals surface area contributed by atoms with Crippen molar-refractivity contribution in [3.8, 4) is 0 Å². The van der Waals surface area contributed by atoms with Crippen LogP contribution in [0.25, 0.3) is 11.0 Å². The summed E-state index contributed by atoms with van der Waals surface area (Å²) in [5.74, 6) is -2.36. The maximum Gasteiger partial charge on any atom is 0.255 e. The molecule has 1 N–H and O–H groups in total. The van der Waals surface area contributed by atoms with Gasteiger partial charge in [0.15, 0.2) is 0 Å². The highest BCUT2D eigenvalue weighted by Crippen LogP contribution is 2.57. The number of furan rings is 1. The predicted octanol–water partition coefficient (Wildman–Crippen LogP) is 3.47. The molecule has 1 unspecified atom stereocenters. The number of fused-ring (bicyclic) bond motifs is 1. The largest absolute Gasteiger partial charge is 0.461 e. The van der Waals surface area contributed by atoms with E-state index < -0.39 is 11.8 Å². The highest BCUT2D eigenvalue weighted by atomic mass is 19.3. The Hall–Kier alpha value is -1.42. The number of halogens is 2. The average molecular weight is 240 g/mol. The first-order chi connectivity index (χ1) is 8.08. The molecule has 1 heterocycles. The second-order valence-electron chi connectivity index (χ2n) is 4.13. The highest BCUT2D eigenvalue weighted by molar-refractivity contribution is 5.83. The molecule has 1 aliphatic rings. The third-order valence-electron chi connectivity index (χ3n) is 2.92. The molecule has 0 radical (unpaired) electrons. The van der Waals surface area contributed by atoms with Crippen LogP contribution in [-0.2, 0) is 0 Å². The minimum absolute atomic E-state index is 0.0314. The number of hydrogen-bond acceptors (Lipinski definition) is 2. The van der Waals surface area contributed by atoms with E-state index in [1.54, 1.807) is 12.1 Å². The number of aryl methyl sites for hydroxylation is 1. The normalized spacial score (nSPS) is 20.9. The van der Waals surface area contributed by atoms with Crippen LogP contribution in [-0.4, -0.2) is 18.1 Å². The second-order valence-corrected chi connectivity index (χ2v) is 4.13. The monoisotopic (exact) mass is 240 g/mol. The maximum atomic E-state index is 13.0. The molecule has 1 fully saturated rings. The van der Waals surface area contributed by atoms with Gasteiger partial charge in [-0.25, -0.2) is 8.78 Å². The van der Waals surface area contributed by atoms with E-state index in [9.17, 15) is 8.78 Å². The van der Waals surface area contributed by atoms with E-state index in [1.165, 1.54) is 0 Å². The molecule has 1 saturated carbocycles. The van der Waals surface area contributed by atoms with E-state index >= 15 is 0 Å². The van der Waals surface area contributed by atoms with Gasteiger partial charge in [-0.1, -0.05) is 12.1 Å². The van der Waals surface area contributed by atoms with E-state index in [4.69, 9.17) is 9.52 Å². The van der Waals surface area contributed by atoms with Crippen LogP contribution in [0, 0.1) is 6.92 Å². The Morgan fingerprint density at radius 1 is 1.35 bits per heavy atom. The molecule has 1 aromatic heterocycles. The molecule has 2 aromatic rings. The first-order valence-electron chi connectivity index (χ1n) is 5.39. The molecule has 17 heavy (non-hydrogen) atoms. The lowest BCUT2D eigenvalue weighted by Gasteiger charge is -2.00. The summed E-state index contributed by atoms with van der Waals surface area (Å²) >= 11 is 0. The number of rotatable bonds is 1. The fraction of sp³-hybridized carbons (Fsp3) is 0.385. The van der Waals surface area contributed by atoms with Crippen molar-refractivity contribution in [1.29, 1.82) is 0 Å². The summed E-state index contributed by atoms with van der Waals surface area (Å²) in [5, 5.41) is 7.83. The smallest absolute Gasteiger partial charge is 0.255 e. The zero-order valence-electron chi connectivity index (χ0n) is 9.71.